The number of hydrogen-bond acceptors (Lipinski definition) is 4. The number of nitrogen functional groups attached to an aromatic ring is 1. The third-order valence-corrected chi connectivity index (χ3v) is 2.40. The predicted molar refractivity (Wildman–Crippen MR) is 76.6 cm³/mol. The SMILES string of the molecule is CCOc1ccc(N)cc1NN=Nc1ccccc1. The normalized spacial score (nSPS) is 10.6. The summed E-state index contributed by atoms with van der Waals surface area (Å²) in [4.78, 5) is 0. The van der Waals surface area contributed by atoms with Gasteiger partial charge in [-0.1, -0.05) is 23.4 Å². The van der Waals surface area contributed by atoms with Crippen molar-refractivity contribution in [3.05, 3.63) is 48.5 Å². The fourth-order valence-corrected chi connectivity index (χ4v) is 1.55. The summed E-state index contributed by atoms with van der Waals surface area (Å²) in [6, 6.07) is 14.8. The predicted octanol–water partition coefficient (Wildman–Crippen LogP) is 3.78. The monoisotopic (exact) mass is 256 g/mol. The first kappa shape index (κ1) is 12.9. The molecule has 0 bridgehead atoms. The lowest BCUT2D eigenvalue weighted by Gasteiger charge is -2.09. The number of hydrogen-bond donors (Lipinski definition) is 2. The van der Waals surface area contributed by atoms with Crippen molar-refractivity contribution >= 4 is 17.1 Å². The van der Waals surface area contributed by atoms with Crippen molar-refractivity contribution in [2.45, 2.75) is 6.92 Å². The van der Waals surface area contributed by atoms with Crippen LogP contribution in [0, 0.1) is 0 Å². The fraction of sp³-hybridized carbons (Fsp3) is 0.143. The van der Waals surface area contributed by atoms with E-state index in [0.29, 0.717) is 23.7 Å². The van der Waals surface area contributed by atoms with Gasteiger partial charge in [-0.15, -0.1) is 5.11 Å². The van der Waals surface area contributed by atoms with E-state index >= 15 is 0 Å². The Morgan fingerprint density at radius 1 is 1.16 bits per heavy atom. The van der Waals surface area contributed by atoms with Crippen LogP contribution in [-0.4, -0.2) is 6.61 Å². The Bertz CT molecular complexity index is 555. The van der Waals surface area contributed by atoms with E-state index in [1.54, 1.807) is 18.2 Å². The number of nitrogens with one attached hydrogen (secondary N) is 1. The zero-order valence-corrected chi connectivity index (χ0v) is 10.7. The van der Waals surface area contributed by atoms with Crippen LogP contribution in [0.1, 0.15) is 6.92 Å². The Morgan fingerprint density at radius 2 is 1.95 bits per heavy atom. The third-order valence-electron chi connectivity index (χ3n) is 2.40. The molecule has 2 rings (SSSR count). The minimum absolute atomic E-state index is 0.578. The second-order valence-corrected chi connectivity index (χ2v) is 3.84. The van der Waals surface area contributed by atoms with Crippen LogP contribution in [0.15, 0.2) is 58.9 Å². The van der Waals surface area contributed by atoms with Gasteiger partial charge in [0.2, 0.25) is 0 Å². The standard InChI is InChI=1S/C14H16N4O/c1-2-19-14-9-8-11(15)10-13(14)17-18-16-12-6-4-3-5-7-12/h3-10H,2,15H2,1H3,(H,16,17). The van der Waals surface area contributed by atoms with Gasteiger partial charge < -0.3 is 10.5 Å². The Hall–Kier alpha value is -2.56. The van der Waals surface area contributed by atoms with E-state index in [1.165, 1.54) is 0 Å². The third kappa shape index (κ3) is 3.70. The molecule has 19 heavy (non-hydrogen) atoms. The molecular formula is C14H16N4O. The van der Waals surface area contributed by atoms with E-state index in [2.05, 4.69) is 15.8 Å². The van der Waals surface area contributed by atoms with Crippen molar-refractivity contribution in [2.75, 3.05) is 17.8 Å². The second kappa shape index (κ2) is 6.39. The Morgan fingerprint density at radius 3 is 2.68 bits per heavy atom. The summed E-state index contributed by atoms with van der Waals surface area (Å²) in [5.74, 6) is 0.698. The van der Waals surface area contributed by atoms with Crippen LogP contribution in [0.5, 0.6) is 5.75 Å². The number of nitrogens with two attached hydrogens (primary N) is 1. The van der Waals surface area contributed by atoms with Gasteiger partial charge in [-0.3, -0.25) is 5.43 Å². The van der Waals surface area contributed by atoms with Crippen LogP contribution >= 0.6 is 0 Å². The minimum Gasteiger partial charge on any atom is -0.492 e. The summed E-state index contributed by atoms with van der Waals surface area (Å²) < 4.78 is 5.48. The van der Waals surface area contributed by atoms with Gasteiger partial charge in [0.1, 0.15) is 11.4 Å². The topological polar surface area (TPSA) is 72.0 Å². The summed E-state index contributed by atoms with van der Waals surface area (Å²) in [5, 5.41) is 7.99. The highest BCUT2D eigenvalue weighted by molar-refractivity contribution is 5.63. The largest absolute Gasteiger partial charge is 0.492 e. The summed E-state index contributed by atoms with van der Waals surface area (Å²) in [5.41, 5.74) is 10.7. The molecule has 0 spiro atoms. The molecule has 0 atom stereocenters. The summed E-state index contributed by atoms with van der Waals surface area (Å²) in [7, 11) is 0. The van der Waals surface area contributed by atoms with Crippen LogP contribution in [0.4, 0.5) is 17.1 Å². The lowest BCUT2D eigenvalue weighted by Crippen LogP contribution is -1.98. The van der Waals surface area contributed by atoms with Gasteiger partial charge in [0.15, 0.2) is 0 Å². The first-order valence-corrected chi connectivity index (χ1v) is 6.03. The van der Waals surface area contributed by atoms with Crippen molar-refractivity contribution in [3.63, 3.8) is 0 Å². The number of nitrogens with zero attached hydrogens (tertiary/aromatic N) is 2. The van der Waals surface area contributed by atoms with Gasteiger partial charge in [0.05, 0.1) is 12.3 Å². The van der Waals surface area contributed by atoms with Crippen LogP contribution in [-0.2, 0) is 0 Å². The maximum Gasteiger partial charge on any atom is 0.144 e. The molecule has 0 saturated heterocycles. The van der Waals surface area contributed by atoms with Crippen LogP contribution in [0.25, 0.3) is 0 Å². The van der Waals surface area contributed by atoms with Crippen LogP contribution in [0.3, 0.4) is 0 Å². The van der Waals surface area contributed by atoms with Gasteiger partial charge in [-0.25, -0.2) is 0 Å². The van der Waals surface area contributed by atoms with Gasteiger partial charge in [-0.05, 0) is 37.3 Å². The summed E-state index contributed by atoms with van der Waals surface area (Å²) in [6.07, 6.45) is 0. The maximum absolute atomic E-state index is 5.74. The fourth-order valence-electron chi connectivity index (χ4n) is 1.55. The van der Waals surface area contributed by atoms with E-state index in [4.69, 9.17) is 10.5 Å². The zero-order chi connectivity index (χ0) is 13.5. The van der Waals surface area contributed by atoms with Crippen molar-refractivity contribution in [3.8, 4) is 5.75 Å². The Balaban J connectivity index is 2.10. The molecule has 0 fully saturated rings. The van der Waals surface area contributed by atoms with Gasteiger partial charge in [0, 0.05) is 5.69 Å². The molecule has 2 aromatic rings. The van der Waals surface area contributed by atoms with Gasteiger partial charge >= 0.3 is 0 Å². The maximum atomic E-state index is 5.74. The first-order valence-electron chi connectivity index (χ1n) is 6.03. The van der Waals surface area contributed by atoms with Gasteiger partial charge in [0.25, 0.3) is 0 Å². The molecule has 0 saturated carbocycles. The lowest BCUT2D eigenvalue weighted by atomic mass is 10.2. The molecule has 5 heteroatoms. The summed E-state index contributed by atoms with van der Waals surface area (Å²) in [6.45, 7) is 2.50. The first-order chi connectivity index (χ1) is 9.29. The quantitative estimate of drug-likeness (QED) is 0.486. The van der Waals surface area contributed by atoms with E-state index in [9.17, 15) is 0 Å². The minimum atomic E-state index is 0.578. The van der Waals surface area contributed by atoms with E-state index < -0.39 is 0 Å². The van der Waals surface area contributed by atoms with Crippen molar-refractivity contribution < 1.29 is 4.74 Å². The number of anilines is 2. The molecule has 0 aliphatic carbocycles. The molecule has 0 amide bonds. The number of benzene rings is 2. The van der Waals surface area contributed by atoms with Crippen LogP contribution in [0.2, 0.25) is 0 Å². The number of rotatable bonds is 5. The molecule has 98 valence electrons. The van der Waals surface area contributed by atoms with E-state index in [-0.39, 0.29) is 0 Å². The molecule has 0 unspecified atom stereocenters. The molecular weight excluding hydrogens is 240 g/mol. The molecule has 0 aliphatic heterocycles. The number of ether oxygens (including phenoxy) is 1. The average Bonchev–Trinajstić information content (AvgIpc) is 2.43. The van der Waals surface area contributed by atoms with Crippen LogP contribution < -0.4 is 15.9 Å². The van der Waals surface area contributed by atoms with E-state index in [1.807, 2.05) is 37.3 Å². The second-order valence-electron chi connectivity index (χ2n) is 3.84. The highest BCUT2D eigenvalue weighted by Crippen LogP contribution is 2.27. The highest BCUT2D eigenvalue weighted by Gasteiger charge is 2.02. The molecule has 3 N–H and O–H groups in total. The molecule has 5 nitrogen and oxygen atoms in total. The Kier molecular flexibility index (Phi) is 4.34. The lowest BCUT2D eigenvalue weighted by molar-refractivity contribution is 0.342. The van der Waals surface area contributed by atoms with E-state index in [0.717, 1.165) is 5.69 Å². The molecule has 0 aromatic heterocycles. The molecule has 2 aromatic carbocycles. The van der Waals surface area contributed by atoms with Crippen molar-refractivity contribution in [2.24, 2.45) is 10.3 Å². The molecule has 0 radical (unpaired) electrons. The average molecular weight is 256 g/mol. The Labute approximate surface area is 112 Å². The smallest absolute Gasteiger partial charge is 0.144 e. The molecule has 0 heterocycles. The van der Waals surface area contributed by atoms with Crippen molar-refractivity contribution in [1.82, 2.24) is 0 Å². The van der Waals surface area contributed by atoms with Crippen molar-refractivity contribution in [1.29, 1.82) is 0 Å². The summed E-state index contributed by atoms with van der Waals surface area (Å²) >= 11 is 0. The zero-order valence-electron chi connectivity index (χ0n) is 10.7. The highest BCUT2D eigenvalue weighted by atomic mass is 16.5. The molecule has 0 aliphatic rings. The van der Waals surface area contributed by atoms with Gasteiger partial charge in [-0.2, -0.15) is 0 Å².